The van der Waals surface area contributed by atoms with E-state index in [1.807, 2.05) is 6.07 Å². The Bertz CT molecular complexity index is 726. The SMILES string of the molecule is N#Cc1ccc(C(=O)CCN2CCN(Cc3ccccc3)CC2)cc1. The first kappa shape index (κ1) is 17.3. The van der Waals surface area contributed by atoms with Crippen LogP contribution in [0.25, 0.3) is 0 Å². The van der Waals surface area contributed by atoms with Gasteiger partial charge in [0.05, 0.1) is 11.6 Å². The molecule has 4 heteroatoms. The summed E-state index contributed by atoms with van der Waals surface area (Å²) in [5, 5.41) is 8.81. The summed E-state index contributed by atoms with van der Waals surface area (Å²) < 4.78 is 0. The largest absolute Gasteiger partial charge is 0.300 e. The molecule has 1 aliphatic heterocycles. The van der Waals surface area contributed by atoms with Crippen molar-refractivity contribution in [3.63, 3.8) is 0 Å². The highest BCUT2D eigenvalue weighted by Crippen LogP contribution is 2.11. The maximum absolute atomic E-state index is 12.3. The Hall–Kier alpha value is -2.48. The van der Waals surface area contributed by atoms with E-state index >= 15 is 0 Å². The fraction of sp³-hybridized carbons (Fsp3) is 0.333. The van der Waals surface area contributed by atoms with Crippen molar-refractivity contribution in [2.24, 2.45) is 0 Å². The fourth-order valence-electron chi connectivity index (χ4n) is 3.15. The van der Waals surface area contributed by atoms with Gasteiger partial charge in [-0.25, -0.2) is 0 Å². The molecule has 2 aromatic carbocycles. The minimum absolute atomic E-state index is 0.149. The first-order chi connectivity index (χ1) is 12.2. The van der Waals surface area contributed by atoms with Crippen LogP contribution < -0.4 is 0 Å². The van der Waals surface area contributed by atoms with E-state index in [4.69, 9.17) is 5.26 Å². The lowest BCUT2D eigenvalue weighted by Gasteiger charge is -2.34. The zero-order valence-corrected chi connectivity index (χ0v) is 14.4. The molecule has 0 spiro atoms. The first-order valence-corrected chi connectivity index (χ1v) is 8.76. The van der Waals surface area contributed by atoms with Crippen LogP contribution in [0, 0.1) is 11.3 Å². The number of ketones is 1. The van der Waals surface area contributed by atoms with Gasteiger partial charge in [0.15, 0.2) is 5.78 Å². The maximum Gasteiger partial charge on any atom is 0.164 e. The van der Waals surface area contributed by atoms with Crippen LogP contribution in [0.1, 0.15) is 27.9 Å². The number of benzene rings is 2. The van der Waals surface area contributed by atoms with E-state index in [9.17, 15) is 4.79 Å². The lowest BCUT2D eigenvalue weighted by Crippen LogP contribution is -2.46. The third-order valence-electron chi connectivity index (χ3n) is 4.70. The van der Waals surface area contributed by atoms with Crippen molar-refractivity contribution < 1.29 is 4.79 Å². The molecule has 3 rings (SSSR count). The van der Waals surface area contributed by atoms with E-state index in [1.54, 1.807) is 24.3 Å². The van der Waals surface area contributed by atoms with E-state index in [-0.39, 0.29) is 5.78 Å². The van der Waals surface area contributed by atoms with Gasteiger partial charge in [-0.2, -0.15) is 5.26 Å². The predicted molar refractivity (Wildman–Crippen MR) is 98.3 cm³/mol. The zero-order chi connectivity index (χ0) is 17.5. The molecule has 0 bridgehead atoms. The number of carbonyl (C=O) groups excluding carboxylic acids is 1. The minimum Gasteiger partial charge on any atom is -0.300 e. The topological polar surface area (TPSA) is 47.3 Å². The Balaban J connectivity index is 1.41. The lowest BCUT2D eigenvalue weighted by molar-refractivity contribution is 0.0922. The highest BCUT2D eigenvalue weighted by atomic mass is 16.1. The molecule has 2 aromatic rings. The Morgan fingerprint density at radius 2 is 1.56 bits per heavy atom. The monoisotopic (exact) mass is 333 g/mol. The second-order valence-electron chi connectivity index (χ2n) is 6.47. The van der Waals surface area contributed by atoms with Gasteiger partial charge in [-0.15, -0.1) is 0 Å². The highest BCUT2D eigenvalue weighted by molar-refractivity contribution is 5.96. The van der Waals surface area contributed by atoms with Gasteiger partial charge in [-0.3, -0.25) is 9.69 Å². The third-order valence-corrected chi connectivity index (χ3v) is 4.70. The van der Waals surface area contributed by atoms with Gasteiger partial charge in [0.25, 0.3) is 0 Å². The van der Waals surface area contributed by atoms with Gasteiger partial charge in [-0.1, -0.05) is 42.5 Å². The predicted octanol–water partition coefficient (Wildman–Crippen LogP) is 2.95. The van der Waals surface area contributed by atoms with Crippen molar-refractivity contribution in [3.8, 4) is 6.07 Å². The number of hydrogen-bond acceptors (Lipinski definition) is 4. The van der Waals surface area contributed by atoms with Crippen LogP contribution in [0.4, 0.5) is 0 Å². The molecular formula is C21H23N3O. The van der Waals surface area contributed by atoms with Crippen LogP contribution in [0.5, 0.6) is 0 Å². The van der Waals surface area contributed by atoms with Crippen LogP contribution in [-0.2, 0) is 6.54 Å². The molecule has 1 saturated heterocycles. The average molecular weight is 333 g/mol. The summed E-state index contributed by atoms with van der Waals surface area (Å²) >= 11 is 0. The molecule has 0 atom stereocenters. The normalized spacial score (nSPS) is 15.6. The summed E-state index contributed by atoms with van der Waals surface area (Å²) in [7, 11) is 0. The molecule has 25 heavy (non-hydrogen) atoms. The molecule has 0 saturated carbocycles. The average Bonchev–Trinajstić information content (AvgIpc) is 2.68. The van der Waals surface area contributed by atoms with Crippen LogP contribution in [0.2, 0.25) is 0 Å². The summed E-state index contributed by atoms with van der Waals surface area (Å²) in [6.07, 6.45) is 0.532. The number of piperazine rings is 1. The molecule has 1 heterocycles. The van der Waals surface area contributed by atoms with Gasteiger partial charge in [0.1, 0.15) is 0 Å². The van der Waals surface area contributed by atoms with Crippen molar-refractivity contribution in [3.05, 3.63) is 71.3 Å². The third kappa shape index (κ3) is 4.99. The molecular weight excluding hydrogens is 310 g/mol. The summed E-state index contributed by atoms with van der Waals surface area (Å²) in [4.78, 5) is 17.1. The van der Waals surface area contributed by atoms with E-state index in [2.05, 4.69) is 40.1 Å². The molecule has 0 N–H and O–H groups in total. The molecule has 0 amide bonds. The molecule has 1 aliphatic rings. The van der Waals surface area contributed by atoms with E-state index < -0.39 is 0 Å². The fourth-order valence-corrected chi connectivity index (χ4v) is 3.15. The number of hydrogen-bond donors (Lipinski definition) is 0. The smallest absolute Gasteiger partial charge is 0.164 e. The Kier molecular flexibility index (Phi) is 5.95. The van der Waals surface area contributed by atoms with E-state index in [0.29, 0.717) is 17.5 Å². The van der Waals surface area contributed by atoms with Crippen molar-refractivity contribution in [2.45, 2.75) is 13.0 Å². The molecule has 128 valence electrons. The summed E-state index contributed by atoms with van der Waals surface area (Å²) in [6.45, 7) is 5.90. The van der Waals surface area contributed by atoms with Crippen molar-refractivity contribution >= 4 is 5.78 Å². The maximum atomic E-state index is 12.3. The van der Waals surface area contributed by atoms with E-state index in [0.717, 1.165) is 39.3 Å². The zero-order valence-electron chi connectivity index (χ0n) is 14.4. The number of carbonyl (C=O) groups is 1. The molecule has 1 fully saturated rings. The number of Topliss-reactive ketones (excluding diaryl/α,β-unsaturated/α-hetero) is 1. The number of rotatable bonds is 6. The van der Waals surface area contributed by atoms with Crippen LogP contribution in [-0.4, -0.2) is 48.3 Å². The van der Waals surface area contributed by atoms with Crippen LogP contribution >= 0.6 is 0 Å². The number of nitrogens with zero attached hydrogens (tertiary/aromatic N) is 3. The van der Waals surface area contributed by atoms with Gasteiger partial charge < -0.3 is 4.90 Å². The second-order valence-corrected chi connectivity index (χ2v) is 6.47. The Labute approximate surface area is 149 Å². The Morgan fingerprint density at radius 3 is 2.20 bits per heavy atom. The van der Waals surface area contributed by atoms with Gasteiger partial charge in [0.2, 0.25) is 0 Å². The van der Waals surface area contributed by atoms with Crippen LogP contribution in [0.15, 0.2) is 54.6 Å². The Morgan fingerprint density at radius 1 is 0.920 bits per heavy atom. The first-order valence-electron chi connectivity index (χ1n) is 8.76. The second kappa shape index (κ2) is 8.57. The molecule has 0 unspecified atom stereocenters. The standard InChI is InChI=1S/C21H23N3O/c22-16-18-6-8-20(9-7-18)21(25)10-11-23-12-14-24(15-13-23)17-19-4-2-1-3-5-19/h1-9H,10-15,17H2. The van der Waals surface area contributed by atoms with Gasteiger partial charge >= 0.3 is 0 Å². The van der Waals surface area contributed by atoms with E-state index in [1.165, 1.54) is 5.56 Å². The minimum atomic E-state index is 0.149. The highest BCUT2D eigenvalue weighted by Gasteiger charge is 2.17. The molecule has 0 aliphatic carbocycles. The lowest BCUT2D eigenvalue weighted by atomic mass is 10.1. The summed E-state index contributed by atoms with van der Waals surface area (Å²) in [6, 6.07) is 19.5. The van der Waals surface area contributed by atoms with Crippen molar-refractivity contribution in [1.29, 1.82) is 5.26 Å². The number of nitriles is 1. The van der Waals surface area contributed by atoms with Gasteiger partial charge in [0, 0.05) is 51.3 Å². The molecule has 0 aromatic heterocycles. The summed E-state index contributed by atoms with van der Waals surface area (Å²) in [5.41, 5.74) is 2.64. The quantitative estimate of drug-likeness (QED) is 0.763. The van der Waals surface area contributed by atoms with Crippen molar-refractivity contribution in [1.82, 2.24) is 9.80 Å². The van der Waals surface area contributed by atoms with Crippen molar-refractivity contribution in [2.75, 3.05) is 32.7 Å². The van der Waals surface area contributed by atoms with Gasteiger partial charge in [-0.05, 0) is 17.7 Å². The van der Waals surface area contributed by atoms with Crippen LogP contribution in [0.3, 0.4) is 0 Å². The molecule has 4 nitrogen and oxygen atoms in total. The summed E-state index contributed by atoms with van der Waals surface area (Å²) in [5.74, 6) is 0.149. The molecule has 0 radical (unpaired) electrons.